The van der Waals surface area contributed by atoms with Crippen LogP contribution in [-0.2, 0) is 9.53 Å². The summed E-state index contributed by atoms with van der Waals surface area (Å²) < 4.78 is 23.1. The third-order valence-corrected chi connectivity index (χ3v) is 2.33. The number of hydrogen-bond acceptors (Lipinski definition) is 3. The number of carbonyl (C=O) groups excluding carboxylic acids is 1. The molecule has 0 bridgehead atoms. The molecule has 0 saturated carbocycles. The van der Waals surface area contributed by atoms with E-state index in [4.69, 9.17) is 4.74 Å². The molecule has 0 aliphatic carbocycles. The summed E-state index contributed by atoms with van der Waals surface area (Å²) in [5.41, 5.74) is 0.651. The molecule has 1 rings (SSSR count). The summed E-state index contributed by atoms with van der Waals surface area (Å²) in [6.45, 7) is 2.58. The first-order chi connectivity index (χ1) is 8.67. The molecule has 0 heterocycles. The van der Waals surface area contributed by atoms with Gasteiger partial charge in [0.2, 0.25) is 0 Å². The largest absolute Gasteiger partial charge is 0.493 e. The number of methoxy groups -OCH3 is 1. The molecule has 0 atom stereocenters. The minimum Gasteiger partial charge on any atom is -0.493 e. The molecule has 1 aromatic rings. The topological polar surface area (TPSA) is 35.5 Å². The van der Waals surface area contributed by atoms with Gasteiger partial charge in [0.25, 0.3) is 0 Å². The van der Waals surface area contributed by atoms with E-state index in [1.807, 2.05) is 6.92 Å². The fourth-order valence-corrected chi connectivity index (χ4v) is 1.32. The Labute approximate surface area is 106 Å². The van der Waals surface area contributed by atoms with E-state index in [1.165, 1.54) is 25.3 Å². The average molecular weight is 252 g/mol. The lowest BCUT2D eigenvalue weighted by atomic mass is 10.2. The van der Waals surface area contributed by atoms with Crippen LogP contribution in [0.3, 0.4) is 0 Å². The van der Waals surface area contributed by atoms with Gasteiger partial charge in [0, 0.05) is 17.7 Å². The van der Waals surface area contributed by atoms with Crippen molar-refractivity contribution in [2.24, 2.45) is 0 Å². The van der Waals surface area contributed by atoms with Gasteiger partial charge < -0.3 is 9.47 Å². The zero-order valence-electron chi connectivity index (χ0n) is 10.6. The minimum atomic E-state index is -0.459. The number of carbonyl (C=O) groups is 1. The molecule has 0 unspecified atom stereocenters. The van der Waals surface area contributed by atoms with E-state index in [0.29, 0.717) is 17.9 Å². The highest BCUT2D eigenvalue weighted by atomic mass is 19.1. The van der Waals surface area contributed by atoms with Gasteiger partial charge in [-0.25, -0.2) is 9.18 Å². The van der Waals surface area contributed by atoms with Crippen LogP contribution in [-0.4, -0.2) is 19.7 Å². The zero-order chi connectivity index (χ0) is 13.4. The summed E-state index contributed by atoms with van der Waals surface area (Å²) in [5, 5.41) is 0. The average Bonchev–Trinajstić information content (AvgIpc) is 2.37. The summed E-state index contributed by atoms with van der Waals surface area (Å²) in [7, 11) is 1.30. The summed E-state index contributed by atoms with van der Waals surface area (Å²) in [6, 6.07) is 4.20. The van der Waals surface area contributed by atoms with Crippen LogP contribution < -0.4 is 4.74 Å². The van der Waals surface area contributed by atoms with Gasteiger partial charge >= 0.3 is 5.97 Å². The normalized spacial score (nSPS) is 10.6. The number of unbranched alkanes of at least 4 members (excludes halogenated alkanes) is 1. The van der Waals surface area contributed by atoms with Gasteiger partial charge in [-0.3, -0.25) is 0 Å². The van der Waals surface area contributed by atoms with Gasteiger partial charge in [0.1, 0.15) is 11.6 Å². The molecule has 0 N–H and O–H groups in total. The molecule has 1 aromatic carbocycles. The highest BCUT2D eigenvalue weighted by Gasteiger charge is 2.03. The summed E-state index contributed by atoms with van der Waals surface area (Å²) >= 11 is 0. The quantitative estimate of drug-likeness (QED) is 0.443. The van der Waals surface area contributed by atoms with Crippen LogP contribution >= 0.6 is 0 Å². The number of esters is 1. The third-order valence-electron chi connectivity index (χ3n) is 2.33. The molecule has 98 valence electrons. The maximum atomic E-state index is 13.1. The fraction of sp³-hybridized carbons (Fsp3) is 0.357. The van der Waals surface area contributed by atoms with Crippen molar-refractivity contribution in [2.75, 3.05) is 13.7 Å². The first-order valence-electron chi connectivity index (χ1n) is 5.85. The van der Waals surface area contributed by atoms with Crippen LogP contribution in [0.2, 0.25) is 0 Å². The van der Waals surface area contributed by atoms with Crippen LogP contribution in [0.15, 0.2) is 24.3 Å². The monoisotopic (exact) mass is 252 g/mol. The number of ether oxygens (including phenoxy) is 2. The second kappa shape index (κ2) is 7.48. The second-order valence-corrected chi connectivity index (χ2v) is 3.74. The molecule has 0 saturated heterocycles. The molecule has 0 aromatic heterocycles. The molecular weight excluding hydrogens is 235 g/mol. The van der Waals surface area contributed by atoms with Crippen molar-refractivity contribution in [2.45, 2.75) is 19.8 Å². The molecule has 18 heavy (non-hydrogen) atoms. The van der Waals surface area contributed by atoms with Crippen LogP contribution in [0, 0.1) is 5.82 Å². The molecule has 0 aliphatic rings. The van der Waals surface area contributed by atoms with E-state index in [0.717, 1.165) is 12.8 Å². The van der Waals surface area contributed by atoms with Crippen molar-refractivity contribution in [3.63, 3.8) is 0 Å². The lowest BCUT2D eigenvalue weighted by Gasteiger charge is -2.08. The lowest BCUT2D eigenvalue weighted by Crippen LogP contribution is -1.99. The van der Waals surface area contributed by atoms with Gasteiger partial charge in [-0.2, -0.15) is 0 Å². The Bertz CT molecular complexity index is 427. The maximum Gasteiger partial charge on any atom is 0.330 e. The van der Waals surface area contributed by atoms with E-state index < -0.39 is 5.97 Å². The summed E-state index contributed by atoms with van der Waals surface area (Å²) in [4.78, 5) is 11.0. The molecule has 4 heteroatoms. The molecular formula is C14H17FO3. The smallest absolute Gasteiger partial charge is 0.330 e. The minimum absolute atomic E-state index is 0.364. The predicted molar refractivity (Wildman–Crippen MR) is 67.9 cm³/mol. The first kappa shape index (κ1) is 14.2. The van der Waals surface area contributed by atoms with Crippen LogP contribution in [0.1, 0.15) is 25.3 Å². The van der Waals surface area contributed by atoms with Crippen LogP contribution in [0.4, 0.5) is 4.39 Å². The Morgan fingerprint density at radius 2 is 2.22 bits per heavy atom. The Hall–Kier alpha value is -1.84. The van der Waals surface area contributed by atoms with Crippen LogP contribution in [0.25, 0.3) is 6.08 Å². The predicted octanol–water partition coefficient (Wildman–Crippen LogP) is 3.19. The SMILES string of the molecule is CCCCOc1cc(F)ccc1C=CC(=O)OC. The second-order valence-electron chi connectivity index (χ2n) is 3.74. The van der Waals surface area contributed by atoms with Crippen molar-refractivity contribution in [3.8, 4) is 5.75 Å². The summed E-state index contributed by atoms with van der Waals surface area (Å²) in [5.74, 6) is -0.390. The Kier molecular flexibility index (Phi) is 5.91. The van der Waals surface area contributed by atoms with Gasteiger partial charge in [-0.15, -0.1) is 0 Å². The molecule has 0 radical (unpaired) electrons. The number of hydrogen-bond donors (Lipinski definition) is 0. The van der Waals surface area contributed by atoms with Crippen molar-refractivity contribution < 1.29 is 18.7 Å². The Morgan fingerprint density at radius 1 is 1.44 bits per heavy atom. The maximum absolute atomic E-state index is 13.1. The van der Waals surface area contributed by atoms with Gasteiger partial charge in [0.15, 0.2) is 0 Å². The van der Waals surface area contributed by atoms with Crippen molar-refractivity contribution in [1.82, 2.24) is 0 Å². The number of halogens is 1. The van der Waals surface area contributed by atoms with Gasteiger partial charge in [-0.05, 0) is 24.6 Å². The van der Waals surface area contributed by atoms with Gasteiger partial charge in [0.05, 0.1) is 13.7 Å². The van der Waals surface area contributed by atoms with E-state index >= 15 is 0 Å². The van der Waals surface area contributed by atoms with E-state index in [9.17, 15) is 9.18 Å². The van der Waals surface area contributed by atoms with E-state index in [1.54, 1.807) is 12.1 Å². The highest BCUT2D eigenvalue weighted by Crippen LogP contribution is 2.21. The first-order valence-corrected chi connectivity index (χ1v) is 5.85. The fourth-order valence-electron chi connectivity index (χ4n) is 1.32. The zero-order valence-corrected chi connectivity index (χ0v) is 10.6. The van der Waals surface area contributed by atoms with Crippen molar-refractivity contribution in [3.05, 3.63) is 35.7 Å². The highest BCUT2D eigenvalue weighted by molar-refractivity contribution is 5.87. The van der Waals surface area contributed by atoms with Gasteiger partial charge in [-0.1, -0.05) is 13.3 Å². The summed E-state index contributed by atoms with van der Waals surface area (Å²) in [6.07, 6.45) is 4.73. The van der Waals surface area contributed by atoms with E-state index in [2.05, 4.69) is 4.74 Å². The molecule has 0 spiro atoms. The molecule has 0 fully saturated rings. The lowest BCUT2D eigenvalue weighted by molar-refractivity contribution is -0.134. The van der Waals surface area contributed by atoms with Crippen molar-refractivity contribution in [1.29, 1.82) is 0 Å². The third kappa shape index (κ3) is 4.57. The molecule has 3 nitrogen and oxygen atoms in total. The molecule has 0 aliphatic heterocycles. The van der Waals surface area contributed by atoms with Crippen LogP contribution in [0.5, 0.6) is 5.75 Å². The Morgan fingerprint density at radius 3 is 2.89 bits per heavy atom. The Balaban J connectivity index is 2.82. The van der Waals surface area contributed by atoms with E-state index in [-0.39, 0.29) is 5.82 Å². The van der Waals surface area contributed by atoms with Crippen molar-refractivity contribution >= 4 is 12.0 Å². The number of benzene rings is 1. The standard InChI is InChI=1S/C14H17FO3/c1-3-4-9-18-13-10-12(15)7-5-11(13)6-8-14(16)17-2/h5-8,10H,3-4,9H2,1-2H3. The molecule has 0 amide bonds. The number of rotatable bonds is 6.